The van der Waals surface area contributed by atoms with E-state index in [2.05, 4.69) is 17.3 Å². The SMILES string of the molecule is CCS[C@@H]1CCC[C@@H](NC(=O)c2c(C)nn(C)c2OC)C1. The van der Waals surface area contributed by atoms with Crippen LogP contribution in [-0.4, -0.2) is 39.8 Å². The number of hydrogen-bond donors (Lipinski definition) is 1. The smallest absolute Gasteiger partial charge is 0.258 e. The molecule has 1 fully saturated rings. The largest absolute Gasteiger partial charge is 0.481 e. The average Bonchev–Trinajstić information content (AvgIpc) is 2.73. The lowest BCUT2D eigenvalue weighted by Gasteiger charge is -2.29. The maximum Gasteiger partial charge on any atom is 0.258 e. The third-order valence-electron chi connectivity index (χ3n) is 3.95. The Morgan fingerprint density at radius 1 is 1.52 bits per heavy atom. The van der Waals surface area contributed by atoms with Crippen molar-refractivity contribution in [3.05, 3.63) is 11.3 Å². The van der Waals surface area contributed by atoms with Gasteiger partial charge in [0.1, 0.15) is 5.56 Å². The minimum absolute atomic E-state index is 0.0652. The van der Waals surface area contributed by atoms with Crippen LogP contribution in [0.15, 0.2) is 0 Å². The summed E-state index contributed by atoms with van der Waals surface area (Å²) in [6.45, 7) is 4.03. The van der Waals surface area contributed by atoms with E-state index in [1.165, 1.54) is 12.8 Å². The molecule has 0 aromatic carbocycles. The van der Waals surface area contributed by atoms with E-state index in [0.29, 0.717) is 22.4 Å². The molecule has 0 aliphatic heterocycles. The highest BCUT2D eigenvalue weighted by molar-refractivity contribution is 7.99. The summed E-state index contributed by atoms with van der Waals surface area (Å²) in [5.41, 5.74) is 1.27. The highest BCUT2D eigenvalue weighted by atomic mass is 32.2. The quantitative estimate of drug-likeness (QED) is 0.908. The van der Waals surface area contributed by atoms with Crippen molar-refractivity contribution in [2.75, 3.05) is 12.9 Å². The van der Waals surface area contributed by atoms with E-state index >= 15 is 0 Å². The van der Waals surface area contributed by atoms with Crippen molar-refractivity contribution in [1.82, 2.24) is 15.1 Å². The van der Waals surface area contributed by atoms with E-state index in [1.54, 1.807) is 18.8 Å². The van der Waals surface area contributed by atoms with Crippen LogP contribution in [0.25, 0.3) is 0 Å². The molecule has 0 spiro atoms. The fourth-order valence-corrected chi connectivity index (χ4v) is 4.23. The molecule has 0 unspecified atom stereocenters. The summed E-state index contributed by atoms with van der Waals surface area (Å²) in [6.07, 6.45) is 4.58. The number of carbonyl (C=O) groups excluding carboxylic acids is 1. The van der Waals surface area contributed by atoms with Crippen LogP contribution in [0.5, 0.6) is 5.88 Å². The monoisotopic (exact) mass is 311 g/mol. The lowest BCUT2D eigenvalue weighted by atomic mass is 9.94. The molecular formula is C15H25N3O2S. The van der Waals surface area contributed by atoms with Crippen LogP contribution in [0.3, 0.4) is 0 Å². The normalized spacial score (nSPS) is 22.1. The summed E-state index contributed by atoms with van der Waals surface area (Å²) in [5, 5.41) is 8.11. The molecule has 5 nitrogen and oxygen atoms in total. The lowest BCUT2D eigenvalue weighted by Crippen LogP contribution is -2.39. The standard InChI is InChI=1S/C15H25N3O2S/c1-5-21-12-8-6-7-11(9-12)16-14(19)13-10(2)17-18(3)15(13)20-4/h11-12H,5-9H2,1-4H3,(H,16,19)/t11-,12-/m1/s1. The van der Waals surface area contributed by atoms with Crippen LogP contribution < -0.4 is 10.1 Å². The van der Waals surface area contributed by atoms with Crippen molar-refractivity contribution >= 4 is 17.7 Å². The van der Waals surface area contributed by atoms with Crippen LogP contribution in [0.4, 0.5) is 0 Å². The van der Waals surface area contributed by atoms with Gasteiger partial charge in [-0.2, -0.15) is 16.9 Å². The first kappa shape index (κ1) is 16.2. The molecule has 1 N–H and O–H groups in total. The maximum atomic E-state index is 12.5. The van der Waals surface area contributed by atoms with Crippen molar-refractivity contribution < 1.29 is 9.53 Å². The van der Waals surface area contributed by atoms with E-state index in [4.69, 9.17) is 4.74 Å². The first-order valence-electron chi connectivity index (χ1n) is 7.56. The average molecular weight is 311 g/mol. The number of rotatable bonds is 5. The Labute approximate surface area is 130 Å². The number of thioether (sulfide) groups is 1. The molecule has 1 saturated carbocycles. The fourth-order valence-electron chi connectivity index (χ4n) is 3.05. The third kappa shape index (κ3) is 3.73. The second-order valence-electron chi connectivity index (χ2n) is 5.51. The molecule has 1 aliphatic carbocycles. The van der Waals surface area contributed by atoms with E-state index < -0.39 is 0 Å². The van der Waals surface area contributed by atoms with Crippen LogP contribution in [0.2, 0.25) is 0 Å². The zero-order valence-electron chi connectivity index (χ0n) is 13.3. The number of nitrogens with one attached hydrogen (secondary N) is 1. The number of aromatic nitrogens is 2. The zero-order chi connectivity index (χ0) is 15.4. The van der Waals surface area contributed by atoms with Crippen molar-refractivity contribution in [2.45, 2.75) is 50.8 Å². The van der Waals surface area contributed by atoms with Gasteiger partial charge >= 0.3 is 0 Å². The van der Waals surface area contributed by atoms with Gasteiger partial charge in [0.2, 0.25) is 5.88 Å². The first-order valence-corrected chi connectivity index (χ1v) is 8.61. The summed E-state index contributed by atoms with van der Waals surface area (Å²) in [7, 11) is 3.36. The molecule has 2 atom stereocenters. The Kier molecular flexibility index (Phi) is 5.56. The topological polar surface area (TPSA) is 56.2 Å². The van der Waals surface area contributed by atoms with Crippen LogP contribution in [-0.2, 0) is 7.05 Å². The van der Waals surface area contributed by atoms with Gasteiger partial charge in [0, 0.05) is 18.3 Å². The highest BCUT2D eigenvalue weighted by Crippen LogP contribution is 2.29. The van der Waals surface area contributed by atoms with E-state index in [1.807, 2.05) is 18.7 Å². The van der Waals surface area contributed by atoms with E-state index in [9.17, 15) is 4.79 Å². The van der Waals surface area contributed by atoms with Crippen molar-refractivity contribution in [3.63, 3.8) is 0 Å². The molecule has 1 aliphatic rings. The molecule has 1 amide bonds. The van der Waals surface area contributed by atoms with Gasteiger partial charge in [-0.1, -0.05) is 13.3 Å². The summed E-state index contributed by atoms with van der Waals surface area (Å²) >= 11 is 2.00. The first-order chi connectivity index (χ1) is 10.1. The number of aryl methyl sites for hydroxylation is 2. The number of ether oxygens (including phenoxy) is 1. The van der Waals surface area contributed by atoms with Crippen molar-refractivity contribution in [3.8, 4) is 5.88 Å². The second-order valence-corrected chi connectivity index (χ2v) is 7.08. The lowest BCUT2D eigenvalue weighted by molar-refractivity contribution is 0.0924. The van der Waals surface area contributed by atoms with E-state index in [-0.39, 0.29) is 11.9 Å². The van der Waals surface area contributed by atoms with Gasteiger partial charge in [-0.05, 0) is 31.9 Å². The predicted octanol–water partition coefficient (Wildman–Crippen LogP) is 2.53. The number of hydrogen-bond acceptors (Lipinski definition) is 4. The van der Waals surface area contributed by atoms with Crippen molar-refractivity contribution in [1.29, 1.82) is 0 Å². The molecule has 118 valence electrons. The van der Waals surface area contributed by atoms with Crippen LogP contribution in [0.1, 0.15) is 48.7 Å². The van der Waals surface area contributed by atoms with E-state index in [0.717, 1.165) is 18.6 Å². The Morgan fingerprint density at radius 2 is 2.29 bits per heavy atom. The van der Waals surface area contributed by atoms with Crippen molar-refractivity contribution in [2.24, 2.45) is 7.05 Å². The predicted molar refractivity (Wildman–Crippen MR) is 86.1 cm³/mol. The summed E-state index contributed by atoms with van der Waals surface area (Å²) in [5.74, 6) is 1.60. The molecular weight excluding hydrogens is 286 g/mol. The molecule has 1 aromatic rings. The molecule has 21 heavy (non-hydrogen) atoms. The molecule has 0 radical (unpaired) electrons. The Morgan fingerprint density at radius 3 is 2.95 bits per heavy atom. The summed E-state index contributed by atoms with van der Waals surface area (Å²) in [4.78, 5) is 12.5. The van der Waals surface area contributed by atoms with Gasteiger partial charge in [0.05, 0.1) is 12.8 Å². The van der Waals surface area contributed by atoms with Gasteiger partial charge in [0.15, 0.2) is 0 Å². The second kappa shape index (κ2) is 7.20. The Bertz CT molecular complexity index is 499. The number of methoxy groups -OCH3 is 1. The summed E-state index contributed by atoms with van der Waals surface area (Å²) in [6, 6.07) is 0.264. The highest BCUT2D eigenvalue weighted by Gasteiger charge is 2.27. The van der Waals surface area contributed by atoms with Crippen LogP contribution >= 0.6 is 11.8 Å². The van der Waals surface area contributed by atoms with Gasteiger partial charge in [-0.15, -0.1) is 0 Å². The van der Waals surface area contributed by atoms with Crippen LogP contribution in [0, 0.1) is 6.92 Å². The molecule has 6 heteroatoms. The Hall–Kier alpha value is -1.17. The zero-order valence-corrected chi connectivity index (χ0v) is 14.1. The molecule has 2 rings (SSSR count). The van der Waals surface area contributed by atoms with Gasteiger partial charge in [-0.25, -0.2) is 4.68 Å². The molecule has 1 heterocycles. The van der Waals surface area contributed by atoms with Gasteiger partial charge in [0.25, 0.3) is 5.91 Å². The number of amides is 1. The molecule has 1 aromatic heterocycles. The third-order valence-corrected chi connectivity index (χ3v) is 5.19. The van der Waals surface area contributed by atoms with Gasteiger partial charge < -0.3 is 10.1 Å². The minimum Gasteiger partial charge on any atom is -0.481 e. The number of nitrogens with zero attached hydrogens (tertiary/aromatic N) is 2. The minimum atomic E-state index is -0.0652. The van der Waals surface area contributed by atoms with Gasteiger partial charge in [-0.3, -0.25) is 4.79 Å². The molecule has 0 bridgehead atoms. The number of carbonyl (C=O) groups is 1. The summed E-state index contributed by atoms with van der Waals surface area (Å²) < 4.78 is 6.91. The Balaban J connectivity index is 2.04. The molecule has 0 saturated heterocycles. The maximum absolute atomic E-state index is 12.5. The fraction of sp³-hybridized carbons (Fsp3) is 0.733.